The van der Waals surface area contributed by atoms with Crippen molar-refractivity contribution in [3.05, 3.63) is 449 Å². The van der Waals surface area contributed by atoms with Crippen LogP contribution in [0.4, 0.5) is 51.2 Å². The maximum Gasteiger partial charge on any atom is 0.136 e. The van der Waals surface area contributed by atoms with Gasteiger partial charge in [0.25, 0.3) is 0 Å². The van der Waals surface area contributed by atoms with Gasteiger partial charge >= 0.3 is 0 Å². The number of hydrogen-bond donors (Lipinski definition) is 0. The summed E-state index contributed by atoms with van der Waals surface area (Å²) in [5, 5.41) is 28.7. The lowest BCUT2D eigenvalue weighted by atomic mass is 9.95. The van der Waals surface area contributed by atoms with Crippen molar-refractivity contribution >= 4 is 269 Å². The standard InChI is InChI=1S/2C42H24N2O2.C42H26N2O/c1-3-9-25(10-4-1)43(26-11-5-2-6-12-26)27-17-19-28(20-18-27)44-31-21-23-35-41-37-29(13-7-15-33(37)45-35)30-14-8-16-34-38(30)42-36(46-34)24-22-32(44)40(42)39(31)41;1-3-9-25(10-4-1)43(26-11-5-2-6-12-26)27-17-19-28(20-18-27)44-31-15-7-13-29-30-14-8-16-33-38(30)40-35(45-33)23-24-36-42(40)41-34(46-36)22-21-32(44)39(41)37(29)31;1-3-11-27(12-4-1)43(28-13-5-2-6-14-28)29-23-25-30(26-24-29)44-35-19-7-15-31-33-17-9-21-37-41(33)42-34(18-10-22-38(42)45-37)32-16-8-20-36(44)40(32)39(31)35/h2*1-24H;1-26H. The molecule has 137 heavy (non-hydrogen) atoms. The first-order valence-electron chi connectivity index (χ1n) is 46.6. The molecule has 32 aromatic rings. The second kappa shape index (κ2) is 29.0. The summed E-state index contributed by atoms with van der Waals surface area (Å²) in [6.45, 7) is 0. The number of para-hydroxylation sites is 6. The summed E-state index contributed by atoms with van der Waals surface area (Å²) < 4.78 is 39.7. The third kappa shape index (κ3) is 10.9. The second-order valence-corrected chi connectivity index (χ2v) is 35.9. The summed E-state index contributed by atoms with van der Waals surface area (Å²) >= 11 is 0. The van der Waals surface area contributed by atoms with Gasteiger partial charge in [0, 0.05) is 154 Å². The zero-order chi connectivity index (χ0) is 89.3. The van der Waals surface area contributed by atoms with Crippen LogP contribution in [0.15, 0.2) is 471 Å². The molecule has 32 rings (SSSR count). The molecule has 0 fully saturated rings. The van der Waals surface area contributed by atoms with E-state index in [1.54, 1.807) is 0 Å². The Morgan fingerprint density at radius 1 is 0.117 bits per heavy atom. The van der Waals surface area contributed by atoms with Gasteiger partial charge < -0.3 is 50.5 Å². The van der Waals surface area contributed by atoms with Gasteiger partial charge in [0.1, 0.15) is 55.8 Å². The Labute approximate surface area is 780 Å². The smallest absolute Gasteiger partial charge is 0.136 e. The molecule has 0 saturated heterocycles. The van der Waals surface area contributed by atoms with E-state index in [0.717, 1.165) is 173 Å². The molecule has 24 aromatic carbocycles. The van der Waals surface area contributed by atoms with Crippen LogP contribution in [0.25, 0.3) is 235 Å². The highest BCUT2D eigenvalue weighted by molar-refractivity contribution is 6.44. The molecule has 0 unspecified atom stereocenters. The van der Waals surface area contributed by atoms with Crippen molar-refractivity contribution in [2.75, 3.05) is 14.7 Å². The van der Waals surface area contributed by atoms with E-state index in [4.69, 9.17) is 22.1 Å². The van der Waals surface area contributed by atoms with Gasteiger partial charge in [-0.15, -0.1) is 0 Å². The summed E-state index contributed by atoms with van der Waals surface area (Å²) in [6.07, 6.45) is 0. The monoisotopic (exact) mass is 1750 g/mol. The molecule has 8 heterocycles. The summed E-state index contributed by atoms with van der Waals surface area (Å²) in [6, 6.07) is 159. The molecule has 0 aliphatic heterocycles. The van der Waals surface area contributed by atoms with Gasteiger partial charge in [-0.25, -0.2) is 0 Å². The minimum atomic E-state index is 0.888. The first-order valence-corrected chi connectivity index (χ1v) is 46.6. The van der Waals surface area contributed by atoms with E-state index in [1.807, 2.05) is 6.07 Å². The maximum absolute atomic E-state index is 6.54. The molecule has 0 bridgehead atoms. The van der Waals surface area contributed by atoms with Gasteiger partial charge in [-0.2, -0.15) is 0 Å². The Hall–Kier alpha value is -18.6. The molecule has 0 aliphatic carbocycles. The van der Waals surface area contributed by atoms with Crippen molar-refractivity contribution in [2.45, 2.75) is 0 Å². The van der Waals surface area contributed by atoms with Crippen LogP contribution in [0, 0.1) is 0 Å². The number of benzene rings is 21. The van der Waals surface area contributed by atoms with E-state index in [1.165, 1.54) is 114 Å². The lowest BCUT2D eigenvalue weighted by Crippen LogP contribution is -2.09. The number of fused-ring (bicyclic) bond motifs is 4. The summed E-state index contributed by atoms with van der Waals surface area (Å²) in [4.78, 5) is 6.90. The molecule has 11 nitrogen and oxygen atoms in total. The molecule has 0 saturated carbocycles. The molecule has 638 valence electrons. The van der Waals surface area contributed by atoms with E-state index >= 15 is 0 Å². The molecule has 0 amide bonds. The van der Waals surface area contributed by atoms with Gasteiger partial charge in [-0.3, -0.25) is 0 Å². The Kier molecular flexibility index (Phi) is 15.9. The second-order valence-electron chi connectivity index (χ2n) is 35.9. The van der Waals surface area contributed by atoms with E-state index in [-0.39, 0.29) is 0 Å². The van der Waals surface area contributed by atoms with Gasteiger partial charge in [0.15, 0.2) is 0 Å². The fraction of sp³-hybridized carbons (Fsp3) is 0. The third-order valence-electron chi connectivity index (χ3n) is 28.7. The number of furan rings is 5. The third-order valence-corrected chi connectivity index (χ3v) is 28.7. The normalized spacial score (nSPS) is 12.2. The lowest BCUT2D eigenvalue weighted by Gasteiger charge is -2.25. The quantitative estimate of drug-likeness (QED) is 0.120. The molecule has 0 radical (unpaired) electrons. The van der Waals surface area contributed by atoms with Gasteiger partial charge in [0.2, 0.25) is 0 Å². The molecule has 0 spiro atoms. The lowest BCUT2D eigenvalue weighted by molar-refractivity contribution is 0.663. The Balaban J connectivity index is 0.0000000973. The van der Waals surface area contributed by atoms with E-state index in [2.05, 4.69) is 471 Å². The highest BCUT2D eigenvalue weighted by atomic mass is 16.3. The van der Waals surface area contributed by atoms with Crippen molar-refractivity contribution < 1.29 is 22.1 Å². The summed E-state index contributed by atoms with van der Waals surface area (Å²) in [7, 11) is 0. The molecular formula is C126H74N6O5. The summed E-state index contributed by atoms with van der Waals surface area (Å²) in [5.74, 6) is 0. The van der Waals surface area contributed by atoms with Crippen molar-refractivity contribution in [3.63, 3.8) is 0 Å². The van der Waals surface area contributed by atoms with Crippen LogP contribution in [0.1, 0.15) is 0 Å². The van der Waals surface area contributed by atoms with Gasteiger partial charge in [-0.05, 0) is 286 Å². The van der Waals surface area contributed by atoms with Crippen LogP contribution in [0.5, 0.6) is 0 Å². The van der Waals surface area contributed by atoms with Gasteiger partial charge in [-0.1, -0.05) is 206 Å². The highest BCUT2D eigenvalue weighted by Crippen LogP contribution is 2.55. The van der Waals surface area contributed by atoms with Crippen molar-refractivity contribution in [1.29, 1.82) is 0 Å². The first-order chi connectivity index (χ1) is 68.0. The highest BCUT2D eigenvalue weighted by Gasteiger charge is 2.31. The van der Waals surface area contributed by atoms with Crippen molar-refractivity contribution in [2.24, 2.45) is 0 Å². The topological polar surface area (TPSA) is 90.2 Å². The Bertz CT molecular complexity index is 9970. The Morgan fingerprint density at radius 2 is 0.285 bits per heavy atom. The fourth-order valence-electron chi connectivity index (χ4n) is 23.3. The largest absolute Gasteiger partial charge is 0.456 e. The fourth-order valence-corrected chi connectivity index (χ4v) is 23.3. The zero-order valence-corrected chi connectivity index (χ0v) is 73.4. The van der Waals surface area contributed by atoms with E-state index < -0.39 is 0 Å². The Morgan fingerprint density at radius 3 is 0.540 bits per heavy atom. The minimum absolute atomic E-state index is 0.888. The molecule has 11 heteroatoms. The van der Waals surface area contributed by atoms with Gasteiger partial charge in [0.05, 0.1) is 33.1 Å². The van der Waals surface area contributed by atoms with Crippen LogP contribution in [0.3, 0.4) is 0 Å². The average Bonchev–Trinajstić information content (AvgIpc) is 1.52. The van der Waals surface area contributed by atoms with Crippen molar-refractivity contribution in [3.8, 4) is 17.1 Å². The number of rotatable bonds is 12. The summed E-state index contributed by atoms with van der Waals surface area (Å²) in [5.41, 5.74) is 29.5. The molecular weight excluding hydrogens is 1680 g/mol. The van der Waals surface area contributed by atoms with E-state index in [0.29, 0.717) is 0 Å². The number of nitrogens with zero attached hydrogens (tertiary/aromatic N) is 6. The molecule has 0 N–H and O–H groups in total. The molecule has 0 atom stereocenters. The van der Waals surface area contributed by atoms with E-state index in [9.17, 15) is 0 Å². The number of hydrogen-bond acceptors (Lipinski definition) is 8. The zero-order valence-electron chi connectivity index (χ0n) is 73.4. The van der Waals surface area contributed by atoms with Crippen LogP contribution in [-0.2, 0) is 0 Å². The van der Waals surface area contributed by atoms with Crippen LogP contribution < -0.4 is 14.7 Å². The number of anilines is 9. The molecule has 0 aliphatic rings. The average molecular weight is 1750 g/mol. The molecule has 8 aromatic heterocycles. The van der Waals surface area contributed by atoms with Crippen molar-refractivity contribution in [1.82, 2.24) is 13.7 Å². The predicted molar refractivity (Wildman–Crippen MR) is 569 cm³/mol. The minimum Gasteiger partial charge on any atom is -0.456 e. The maximum atomic E-state index is 6.54. The van der Waals surface area contributed by atoms with Crippen LogP contribution >= 0.6 is 0 Å². The predicted octanol–water partition coefficient (Wildman–Crippen LogP) is 36.1. The van der Waals surface area contributed by atoms with Crippen LogP contribution in [0.2, 0.25) is 0 Å². The SMILES string of the molecule is c1ccc(N(c2ccccc2)c2ccc(-n3c4ccc5oc6cccc7c8cccc9oc%10ccc3c(c%10c98)c4c5c67)cc2)cc1.c1ccc(N(c2ccccc2)c2ccc(-n3c4cccc5c6cccc7oc8ccc9oc%10ccc3c(c%10c9c8c76)c54)cc2)cc1.c1ccc(N(c2ccccc2)c2ccc(-n3c4cccc5c6cccc7oc8cccc(c9cccc3c9c54)c8c76)cc2)cc1. The van der Waals surface area contributed by atoms with Crippen LogP contribution in [-0.4, -0.2) is 13.7 Å². The first kappa shape index (κ1) is 75.1. The number of aromatic nitrogens is 3.